The van der Waals surface area contributed by atoms with Crippen LogP contribution in [0.4, 0.5) is 0 Å². The molecule has 9 rings (SSSR count). The van der Waals surface area contributed by atoms with E-state index in [9.17, 15) is 15.0 Å². The number of aliphatic hydroxyl groups is 1. The minimum Gasteiger partial charge on any atom is -0.504 e. The number of phenols is 1. The second-order valence-corrected chi connectivity index (χ2v) is 12.5. The molecule has 3 fully saturated rings. The number of aromatic hydroxyl groups is 1. The van der Waals surface area contributed by atoms with Gasteiger partial charge < -0.3 is 20.3 Å². The molecule has 6 nitrogen and oxygen atoms in total. The minimum absolute atomic E-state index is 0.142. The number of rotatable bonds is 6. The first-order chi connectivity index (χ1) is 18.9. The van der Waals surface area contributed by atoms with E-state index in [0.29, 0.717) is 12.2 Å². The van der Waals surface area contributed by atoms with Crippen LogP contribution in [0.2, 0.25) is 0 Å². The fraction of sp³-hybridized carbons (Fsp3) is 0.424. The summed E-state index contributed by atoms with van der Waals surface area (Å²) in [5.74, 6) is 1.23. The highest BCUT2D eigenvalue weighted by Gasteiger charge is 2.79. The molecule has 5 aliphatic carbocycles. The van der Waals surface area contributed by atoms with Crippen LogP contribution in [0, 0.1) is 11.3 Å². The Morgan fingerprint density at radius 1 is 1.13 bits per heavy atom. The molecule has 6 heteroatoms. The van der Waals surface area contributed by atoms with E-state index < -0.39 is 23.2 Å². The van der Waals surface area contributed by atoms with E-state index in [1.54, 1.807) is 12.1 Å². The summed E-state index contributed by atoms with van der Waals surface area (Å²) in [6, 6.07) is 13.5. The molecule has 2 aromatic carbocycles. The maximum Gasteiger partial charge on any atom is 0.244 e. The van der Waals surface area contributed by atoms with Crippen molar-refractivity contribution < 1.29 is 19.7 Å². The number of amides is 1. The number of carbonyl (C=O) groups excluding carboxylic acids is 1. The van der Waals surface area contributed by atoms with Gasteiger partial charge in [0.1, 0.15) is 11.7 Å². The normalized spacial score (nSPS) is 37.3. The van der Waals surface area contributed by atoms with Crippen molar-refractivity contribution in [3.8, 4) is 11.5 Å². The molecule has 200 valence electrons. The highest BCUT2D eigenvalue weighted by atomic mass is 16.5. The largest absolute Gasteiger partial charge is 0.504 e. The van der Waals surface area contributed by atoms with Gasteiger partial charge in [-0.25, -0.2) is 0 Å². The van der Waals surface area contributed by atoms with E-state index in [1.807, 2.05) is 48.6 Å². The molecular formula is C33H34N2O4. The molecule has 1 saturated heterocycles. The maximum absolute atomic E-state index is 13.1. The molecule has 2 saturated carbocycles. The monoisotopic (exact) mass is 522 g/mol. The number of nitrogens with zero attached hydrogens (tertiary/aromatic N) is 1. The molecule has 6 atom stereocenters. The van der Waals surface area contributed by atoms with Crippen molar-refractivity contribution in [2.24, 2.45) is 11.3 Å². The van der Waals surface area contributed by atoms with Crippen LogP contribution in [0.3, 0.4) is 0 Å². The summed E-state index contributed by atoms with van der Waals surface area (Å²) in [6.45, 7) is 2.08. The highest BCUT2D eigenvalue weighted by Crippen LogP contribution is 2.73. The van der Waals surface area contributed by atoms with Crippen LogP contribution in [0.15, 0.2) is 72.8 Å². The molecule has 1 amide bonds. The number of hydrogen-bond acceptors (Lipinski definition) is 5. The van der Waals surface area contributed by atoms with Crippen LogP contribution in [-0.2, 0) is 16.6 Å². The molecule has 0 aromatic heterocycles. The van der Waals surface area contributed by atoms with Gasteiger partial charge in [-0.2, -0.15) is 0 Å². The number of nitrogens with one attached hydrogen (secondary N) is 1. The average Bonchev–Trinajstić information content (AvgIpc) is 3.68. The molecule has 2 spiro atoms. The lowest BCUT2D eigenvalue weighted by Crippen LogP contribution is -2.81. The first kappa shape index (κ1) is 23.5. The zero-order valence-electron chi connectivity index (χ0n) is 21.9. The number of fused-ring (bicyclic) bond motifs is 1. The third-order valence-electron chi connectivity index (χ3n) is 10.5. The number of phenolic OH excluding ortho intramolecular Hbond substituents is 1. The summed E-state index contributed by atoms with van der Waals surface area (Å²) in [6.07, 6.45) is 15.7. The Kier molecular flexibility index (Phi) is 4.88. The lowest BCUT2D eigenvalue weighted by atomic mass is 9.38. The van der Waals surface area contributed by atoms with Crippen molar-refractivity contribution in [2.75, 3.05) is 13.1 Å². The number of allylic oxidation sites excluding steroid dienone is 2. The van der Waals surface area contributed by atoms with Crippen molar-refractivity contribution in [1.82, 2.24) is 10.2 Å². The van der Waals surface area contributed by atoms with Gasteiger partial charge in [0.25, 0.3) is 0 Å². The van der Waals surface area contributed by atoms with E-state index in [4.69, 9.17) is 4.74 Å². The first-order valence-electron chi connectivity index (χ1n) is 14.3. The Balaban J connectivity index is 1.14. The summed E-state index contributed by atoms with van der Waals surface area (Å²) in [5, 5.41) is 26.3. The molecule has 0 radical (unpaired) electrons. The smallest absolute Gasteiger partial charge is 0.244 e. The van der Waals surface area contributed by atoms with E-state index in [-0.39, 0.29) is 23.1 Å². The topological polar surface area (TPSA) is 82.0 Å². The molecule has 2 heterocycles. The molecule has 3 N–H and O–H groups in total. The van der Waals surface area contributed by atoms with E-state index in [0.717, 1.165) is 43.0 Å². The SMILES string of the molecule is O=C(/C=C/C=C/c1ccccc1)N[C@H]1C[C@@]23C=C[C@@]1(O)[C@@H]1Oc4c(O)ccc5c4[C@@]12CCN(CC1CC1)[C@@H]3C5. The van der Waals surface area contributed by atoms with Gasteiger partial charge in [0.2, 0.25) is 5.91 Å². The number of likely N-dealkylation sites (tertiary alicyclic amines) is 1. The van der Waals surface area contributed by atoms with E-state index in [2.05, 4.69) is 22.4 Å². The third-order valence-corrected chi connectivity index (χ3v) is 10.5. The second kappa shape index (κ2) is 8.09. The van der Waals surface area contributed by atoms with Gasteiger partial charge >= 0.3 is 0 Å². The van der Waals surface area contributed by atoms with Crippen molar-refractivity contribution in [3.05, 3.63) is 89.5 Å². The number of piperidine rings is 1. The van der Waals surface area contributed by atoms with Crippen LogP contribution < -0.4 is 10.1 Å². The Morgan fingerprint density at radius 2 is 1.97 bits per heavy atom. The van der Waals surface area contributed by atoms with Gasteiger partial charge in [0, 0.05) is 29.6 Å². The standard InChI is InChI=1S/C33H34N2O4/c36-24-13-12-23-18-26-31-14-15-33(38,25(19-31)34-27(37)9-5-4-8-21-6-2-1-3-7-21)30-32(31,28(23)29(24)39-30)16-17-35(26)20-22-10-11-22/h1-9,12-15,22,25-26,30,36,38H,10-11,16-20H2,(H,34,37)/b8-4+,9-5+/t25-,26+,30+,31+,32-,33-/m0/s1. The number of ether oxygens (including phenoxy) is 1. The summed E-state index contributed by atoms with van der Waals surface area (Å²) in [7, 11) is 0. The maximum atomic E-state index is 13.1. The Hall–Kier alpha value is -3.35. The van der Waals surface area contributed by atoms with Gasteiger partial charge in [-0.15, -0.1) is 0 Å². The molecule has 39 heavy (non-hydrogen) atoms. The minimum atomic E-state index is -1.37. The van der Waals surface area contributed by atoms with Crippen molar-refractivity contribution >= 4 is 12.0 Å². The molecule has 7 aliphatic rings. The molecular weight excluding hydrogens is 488 g/mol. The fourth-order valence-electron chi connectivity index (χ4n) is 8.74. The van der Waals surface area contributed by atoms with Gasteiger partial charge in [-0.1, -0.05) is 66.8 Å². The third kappa shape index (κ3) is 3.13. The molecule has 4 bridgehead atoms. The van der Waals surface area contributed by atoms with Crippen molar-refractivity contribution in [2.45, 2.75) is 61.3 Å². The lowest BCUT2D eigenvalue weighted by molar-refractivity contribution is -0.193. The number of carbonyl (C=O) groups is 1. The zero-order chi connectivity index (χ0) is 26.4. The van der Waals surface area contributed by atoms with Crippen molar-refractivity contribution in [3.63, 3.8) is 0 Å². The summed E-state index contributed by atoms with van der Waals surface area (Å²) in [5.41, 5.74) is 1.35. The highest BCUT2D eigenvalue weighted by molar-refractivity contribution is 5.88. The van der Waals surface area contributed by atoms with E-state index >= 15 is 0 Å². The quantitative estimate of drug-likeness (QED) is 0.305. The summed E-state index contributed by atoms with van der Waals surface area (Å²) < 4.78 is 6.58. The second-order valence-electron chi connectivity index (χ2n) is 12.5. The lowest BCUT2D eigenvalue weighted by Gasteiger charge is -2.70. The van der Waals surface area contributed by atoms with Crippen LogP contribution in [0.25, 0.3) is 6.08 Å². The van der Waals surface area contributed by atoms with Gasteiger partial charge in [0.15, 0.2) is 11.5 Å². The van der Waals surface area contributed by atoms with Crippen molar-refractivity contribution in [1.29, 1.82) is 0 Å². The predicted molar refractivity (Wildman–Crippen MR) is 148 cm³/mol. The van der Waals surface area contributed by atoms with Crippen LogP contribution in [-0.4, -0.2) is 57.9 Å². The molecule has 2 aliphatic heterocycles. The van der Waals surface area contributed by atoms with Gasteiger partial charge in [-0.05, 0) is 61.8 Å². The Labute approximate surface area is 228 Å². The van der Waals surface area contributed by atoms with Crippen LogP contribution in [0.5, 0.6) is 11.5 Å². The average molecular weight is 523 g/mol. The predicted octanol–water partition coefficient (Wildman–Crippen LogP) is 3.88. The zero-order valence-corrected chi connectivity index (χ0v) is 21.9. The molecule has 2 aromatic rings. The van der Waals surface area contributed by atoms with Crippen LogP contribution >= 0.6 is 0 Å². The van der Waals surface area contributed by atoms with Crippen LogP contribution in [0.1, 0.15) is 42.4 Å². The molecule has 0 unspecified atom stereocenters. The Morgan fingerprint density at radius 3 is 2.79 bits per heavy atom. The van der Waals surface area contributed by atoms with Gasteiger partial charge in [0.05, 0.1) is 11.5 Å². The van der Waals surface area contributed by atoms with E-state index in [1.165, 1.54) is 24.5 Å². The number of hydrogen-bond donors (Lipinski definition) is 3. The van der Waals surface area contributed by atoms with Gasteiger partial charge in [-0.3, -0.25) is 9.69 Å². The Bertz CT molecular complexity index is 1450. The number of benzene rings is 2. The summed E-state index contributed by atoms with van der Waals surface area (Å²) in [4.78, 5) is 15.8. The fourth-order valence-corrected chi connectivity index (χ4v) is 8.74. The first-order valence-corrected chi connectivity index (χ1v) is 14.3. The summed E-state index contributed by atoms with van der Waals surface area (Å²) >= 11 is 0.